The molecular weight excluding hydrogens is 252 g/mol. The molecule has 2 aliphatic heterocycles. The summed E-state index contributed by atoms with van der Waals surface area (Å²) in [5.41, 5.74) is 6.05. The van der Waals surface area contributed by atoms with Crippen molar-refractivity contribution in [1.82, 2.24) is 0 Å². The van der Waals surface area contributed by atoms with E-state index in [0.29, 0.717) is 5.41 Å². The van der Waals surface area contributed by atoms with Gasteiger partial charge >= 0.3 is 0 Å². The quantitative estimate of drug-likeness (QED) is 0.864. The van der Waals surface area contributed by atoms with Crippen LogP contribution in [-0.4, -0.2) is 33.0 Å². The molecule has 0 amide bonds. The van der Waals surface area contributed by atoms with Gasteiger partial charge in [0.2, 0.25) is 0 Å². The van der Waals surface area contributed by atoms with Gasteiger partial charge in [-0.15, -0.1) is 0 Å². The van der Waals surface area contributed by atoms with Crippen molar-refractivity contribution in [3.05, 3.63) is 0 Å². The van der Waals surface area contributed by atoms with Gasteiger partial charge in [-0.3, -0.25) is 0 Å². The molecular formula is C16H30N2O2. The second-order valence-electron chi connectivity index (χ2n) is 6.03. The molecule has 2 rings (SSSR count). The highest BCUT2D eigenvalue weighted by Gasteiger charge is 2.30. The van der Waals surface area contributed by atoms with Gasteiger partial charge in [0.1, 0.15) is 0 Å². The summed E-state index contributed by atoms with van der Waals surface area (Å²) < 4.78 is 10.5. The van der Waals surface area contributed by atoms with Gasteiger partial charge in [-0.05, 0) is 50.5 Å². The lowest BCUT2D eigenvalue weighted by atomic mass is 9.78. The van der Waals surface area contributed by atoms with E-state index in [1.54, 1.807) is 0 Å². The smallest absolute Gasteiger partial charge is 0.0691 e. The van der Waals surface area contributed by atoms with Crippen LogP contribution in [0.2, 0.25) is 0 Å². The zero-order valence-electron chi connectivity index (χ0n) is 13.1. The SMILES string of the molecule is CCC1(C#N)CCOCC1.CCC1(CN)CCOCC1. The van der Waals surface area contributed by atoms with Gasteiger partial charge in [0.05, 0.1) is 11.5 Å². The molecule has 0 bridgehead atoms. The normalized spacial score (nSPS) is 24.1. The molecule has 2 fully saturated rings. The first kappa shape index (κ1) is 17.4. The number of nitrogens with zero attached hydrogens (tertiary/aromatic N) is 1. The number of hydrogen-bond acceptors (Lipinski definition) is 4. The minimum atomic E-state index is -0.0573. The van der Waals surface area contributed by atoms with Crippen molar-refractivity contribution in [3.63, 3.8) is 0 Å². The molecule has 2 N–H and O–H groups in total. The molecule has 0 unspecified atom stereocenters. The highest BCUT2D eigenvalue weighted by molar-refractivity contribution is 4.99. The van der Waals surface area contributed by atoms with Crippen LogP contribution in [-0.2, 0) is 9.47 Å². The fourth-order valence-corrected chi connectivity index (χ4v) is 2.81. The van der Waals surface area contributed by atoms with Crippen LogP contribution >= 0.6 is 0 Å². The molecule has 4 heteroatoms. The van der Waals surface area contributed by atoms with E-state index >= 15 is 0 Å². The lowest BCUT2D eigenvalue weighted by molar-refractivity contribution is 0.0171. The molecule has 0 saturated carbocycles. The van der Waals surface area contributed by atoms with Gasteiger partial charge in [0.15, 0.2) is 0 Å². The Kier molecular flexibility index (Phi) is 7.50. The third-order valence-corrected chi connectivity index (χ3v) is 5.10. The molecule has 0 radical (unpaired) electrons. The van der Waals surface area contributed by atoms with E-state index in [2.05, 4.69) is 19.9 Å². The summed E-state index contributed by atoms with van der Waals surface area (Å²) >= 11 is 0. The van der Waals surface area contributed by atoms with E-state index in [9.17, 15) is 0 Å². The number of hydrogen-bond donors (Lipinski definition) is 1. The van der Waals surface area contributed by atoms with Crippen LogP contribution in [0.3, 0.4) is 0 Å². The Morgan fingerprint density at radius 2 is 1.45 bits per heavy atom. The van der Waals surface area contributed by atoms with Crippen molar-refractivity contribution in [2.75, 3.05) is 33.0 Å². The maximum absolute atomic E-state index is 8.84. The Balaban J connectivity index is 0.000000200. The Labute approximate surface area is 123 Å². The Bertz CT molecular complexity index is 294. The first-order valence-corrected chi connectivity index (χ1v) is 7.93. The lowest BCUT2D eigenvalue weighted by Gasteiger charge is -2.34. The zero-order chi connectivity index (χ0) is 14.9. The number of rotatable bonds is 3. The molecule has 0 aromatic rings. The molecule has 20 heavy (non-hydrogen) atoms. The minimum absolute atomic E-state index is 0.0573. The second-order valence-corrected chi connectivity index (χ2v) is 6.03. The fraction of sp³-hybridized carbons (Fsp3) is 0.938. The minimum Gasteiger partial charge on any atom is -0.381 e. The van der Waals surface area contributed by atoms with Crippen LogP contribution in [0, 0.1) is 22.2 Å². The summed E-state index contributed by atoms with van der Waals surface area (Å²) in [6, 6.07) is 2.39. The third kappa shape index (κ3) is 4.73. The summed E-state index contributed by atoms with van der Waals surface area (Å²) in [7, 11) is 0. The van der Waals surface area contributed by atoms with Crippen molar-refractivity contribution in [2.45, 2.75) is 52.4 Å². The molecule has 2 saturated heterocycles. The summed E-state index contributed by atoms with van der Waals surface area (Å²) in [4.78, 5) is 0. The standard InChI is InChI=1S/C8H17NO.C8H13NO/c2*1-2-8(7-9)3-5-10-6-4-8/h2-7,9H2,1H3;2-6H2,1H3. The predicted molar refractivity (Wildman–Crippen MR) is 80.2 cm³/mol. The summed E-state index contributed by atoms with van der Waals surface area (Å²) in [6.45, 7) is 8.47. The van der Waals surface area contributed by atoms with Crippen molar-refractivity contribution in [3.8, 4) is 6.07 Å². The number of nitriles is 1. The second kappa shape index (κ2) is 8.61. The van der Waals surface area contributed by atoms with Gasteiger partial charge in [-0.25, -0.2) is 0 Å². The molecule has 2 heterocycles. The molecule has 4 nitrogen and oxygen atoms in total. The summed E-state index contributed by atoms with van der Waals surface area (Å²) in [6.07, 6.45) is 6.31. The fourth-order valence-electron chi connectivity index (χ4n) is 2.81. The average Bonchev–Trinajstić information content (AvgIpc) is 2.56. The Hall–Kier alpha value is -0.630. The topological polar surface area (TPSA) is 68.3 Å². The molecule has 0 aliphatic carbocycles. The largest absolute Gasteiger partial charge is 0.381 e. The molecule has 116 valence electrons. The summed E-state index contributed by atoms with van der Waals surface area (Å²) in [5.74, 6) is 0. The van der Waals surface area contributed by atoms with Crippen molar-refractivity contribution in [2.24, 2.45) is 16.6 Å². The van der Waals surface area contributed by atoms with Crippen LogP contribution in [0.1, 0.15) is 52.4 Å². The van der Waals surface area contributed by atoms with E-state index in [1.807, 2.05) is 0 Å². The van der Waals surface area contributed by atoms with Crippen molar-refractivity contribution >= 4 is 0 Å². The van der Waals surface area contributed by atoms with Gasteiger partial charge in [-0.2, -0.15) is 5.26 Å². The monoisotopic (exact) mass is 282 g/mol. The Morgan fingerprint density at radius 3 is 1.70 bits per heavy atom. The lowest BCUT2D eigenvalue weighted by Crippen LogP contribution is -2.35. The molecule has 0 aromatic carbocycles. The van der Waals surface area contributed by atoms with E-state index in [1.165, 1.54) is 6.42 Å². The molecule has 0 spiro atoms. The number of ether oxygens (including phenoxy) is 2. The van der Waals surface area contributed by atoms with Crippen LogP contribution in [0.25, 0.3) is 0 Å². The zero-order valence-corrected chi connectivity index (χ0v) is 13.1. The van der Waals surface area contributed by atoms with Crippen LogP contribution in [0.15, 0.2) is 0 Å². The van der Waals surface area contributed by atoms with Crippen LogP contribution in [0.5, 0.6) is 0 Å². The first-order valence-electron chi connectivity index (χ1n) is 7.93. The van der Waals surface area contributed by atoms with Crippen molar-refractivity contribution in [1.29, 1.82) is 5.26 Å². The van der Waals surface area contributed by atoms with Gasteiger partial charge in [0.25, 0.3) is 0 Å². The van der Waals surface area contributed by atoms with Gasteiger partial charge in [-0.1, -0.05) is 13.8 Å². The van der Waals surface area contributed by atoms with Crippen LogP contribution in [0.4, 0.5) is 0 Å². The maximum atomic E-state index is 8.84. The number of nitrogens with two attached hydrogens (primary N) is 1. The highest BCUT2D eigenvalue weighted by Crippen LogP contribution is 2.33. The molecule has 2 aliphatic rings. The van der Waals surface area contributed by atoms with Crippen molar-refractivity contribution < 1.29 is 9.47 Å². The third-order valence-electron chi connectivity index (χ3n) is 5.10. The molecule has 0 atom stereocenters. The van der Waals surface area contributed by atoms with Gasteiger partial charge < -0.3 is 15.2 Å². The first-order chi connectivity index (χ1) is 9.66. The molecule has 0 aromatic heterocycles. The highest BCUT2D eigenvalue weighted by atomic mass is 16.5. The average molecular weight is 282 g/mol. The van der Waals surface area contributed by atoms with E-state index < -0.39 is 0 Å². The summed E-state index contributed by atoms with van der Waals surface area (Å²) in [5, 5.41) is 8.84. The maximum Gasteiger partial charge on any atom is 0.0691 e. The Morgan fingerprint density at radius 1 is 0.950 bits per heavy atom. The van der Waals surface area contributed by atoms with Gasteiger partial charge in [0, 0.05) is 26.4 Å². The van der Waals surface area contributed by atoms with E-state index in [-0.39, 0.29) is 5.41 Å². The van der Waals surface area contributed by atoms with E-state index in [0.717, 1.165) is 65.1 Å². The van der Waals surface area contributed by atoms with E-state index in [4.69, 9.17) is 20.5 Å². The van der Waals surface area contributed by atoms with Crippen LogP contribution < -0.4 is 5.73 Å². The predicted octanol–water partition coefficient (Wildman–Crippen LogP) is 2.87.